The van der Waals surface area contributed by atoms with Gasteiger partial charge in [0.1, 0.15) is 5.82 Å². The average molecular weight is 302 g/mol. The fourth-order valence-corrected chi connectivity index (χ4v) is 3.13. The second-order valence-corrected chi connectivity index (χ2v) is 5.42. The number of hydrogen-bond donors (Lipinski definition) is 1. The number of aromatic nitrogens is 2. The van der Waals surface area contributed by atoms with Crippen LogP contribution < -0.4 is 10.6 Å². The third kappa shape index (κ3) is 2.90. The zero-order chi connectivity index (χ0) is 15.0. The molecule has 1 aliphatic carbocycles. The highest BCUT2D eigenvalue weighted by Gasteiger charge is 2.38. The Labute approximate surface area is 120 Å². The summed E-state index contributed by atoms with van der Waals surface area (Å²) in [7, 11) is 0. The molecule has 3 rings (SSSR count). The van der Waals surface area contributed by atoms with Crippen LogP contribution in [0.5, 0.6) is 0 Å². The minimum Gasteiger partial charge on any atom is -0.374 e. The van der Waals surface area contributed by atoms with E-state index in [1.54, 1.807) is 0 Å². The molecule has 1 aliphatic heterocycles. The summed E-state index contributed by atoms with van der Waals surface area (Å²) < 4.78 is 44.3. The summed E-state index contributed by atoms with van der Waals surface area (Å²) in [6.07, 6.45) is -0.478. The molecule has 0 bridgehead atoms. The summed E-state index contributed by atoms with van der Waals surface area (Å²) in [5.74, 6) is -0.103. The minimum atomic E-state index is -4.52. The Morgan fingerprint density at radius 3 is 2.76 bits per heavy atom. The van der Waals surface area contributed by atoms with Crippen molar-refractivity contribution in [3.63, 3.8) is 0 Å². The lowest BCUT2D eigenvalue weighted by Crippen LogP contribution is -2.53. The van der Waals surface area contributed by atoms with E-state index in [1.807, 2.05) is 4.90 Å². The van der Waals surface area contributed by atoms with E-state index in [2.05, 4.69) is 9.97 Å². The fraction of sp³-hybridized carbons (Fsp3) is 0.692. The van der Waals surface area contributed by atoms with Gasteiger partial charge >= 0.3 is 6.18 Å². The maximum Gasteiger partial charge on any atom is 0.433 e. The number of nitrogens with two attached hydrogens (primary N) is 1. The summed E-state index contributed by atoms with van der Waals surface area (Å²) in [6.45, 7) is 1.02. The standard InChI is InChI=1S/C13H17F3N4O/c14-13(15,16)10-7-11(19-12(17)18-10)20-5-6-21-9-4-2-1-3-8(9)20/h7-9H,1-6H2,(H2,17,18,19). The van der Waals surface area contributed by atoms with Crippen LogP contribution in [0.1, 0.15) is 31.4 Å². The lowest BCUT2D eigenvalue weighted by molar-refractivity contribution is -0.141. The molecule has 2 aliphatic rings. The van der Waals surface area contributed by atoms with Crippen molar-refractivity contribution in [3.8, 4) is 0 Å². The molecule has 0 radical (unpaired) electrons. The smallest absolute Gasteiger partial charge is 0.374 e. The normalized spacial score (nSPS) is 26.5. The molecule has 8 heteroatoms. The lowest BCUT2D eigenvalue weighted by Gasteiger charge is -2.44. The molecule has 1 saturated carbocycles. The minimum absolute atomic E-state index is 0.0676. The predicted molar refractivity (Wildman–Crippen MR) is 70.8 cm³/mol. The second-order valence-electron chi connectivity index (χ2n) is 5.42. The maximum atomic E-state index is 12.9. The Morgan fingerprint density at radius 2 is 2.00 bits per heavy atom. The molecule has 2 heterocycles. The highest BCUT2D eigenvalue weighted by Crippen LogP contribution is 2.34. The van der Waals surface area contributed by atoms with Crippen LogP contribution in [0.15, 0.2) is 6.07 Å². The number of morpholine rings is 1. The summed E-state index contributed by atoms with van der Waals surface area (Å²) in [5.41, 5.74) is 4.45. The molecule has 2 N–H and O–H groups in total. The van der Waals surface area contributed by atoms with Crippen molar-refractivity contribution < 1.29 is 17.9 Å². The van der Waals surface area contributed by atoms with Gasteiger partial charge < -0.3 is 15.4 Å². The van der Waals surface area contributed by atoms with Gasteiger partial charge in [-0.25, -0.2) is 4.98 Å². The van der Waals surface area contributed by atoms with Crippen LogP contribution in [0.2, 0.25) is 0 Å². The van der Waals surface area contributed by atoms with Crippen molar-refractivity contribution in [2.45, 2.75) is 44.0 Å². The molecule has 0 spiro atoms. The van der Waals surface area contributed by atoms with E-state index in [4.69, 9.17) is 10.5 Å². The first-order valence-corrected chi connectivity index (χ1v) is 7.05. The number of anilines is 2. The Balaban J connectivity index is 1.93. The van der Waals surface area contributed by atoms with E-state index in [0.717, 1.165) is 31.7 Å². The van der Waals surface area contributed by atoms with E-state index in [0.29, 0.717) is 13.2 Å². The molecular formula is C13H17F3N4O. The Hall–Kier alpha value is -1.57. The zero-order valence-corrected chi connectivity index (χ0v) is 11.4. The van der Waals surface area contributed by atoms with E-state index in [-0.39, 0.29) is 23.9 Å². The van der Waals surface area contributed by atoms with Gasteiger partial charge in [0.2, 0.25) is 5.95 Å². The second kappa shape index (κ2) is 5.32. The Bertz CT molecular complexity index is 521. The van der Waals surface area contributed by atoms with Crippen LogP contribution in [0, 0.1) is 0 Å². The van der Waals surface area contributed by atoms with Crippen LogP contribution >= 0.6 is 0 Å². The quantitative estimate of drug-likeness (QED) is 0.862. The summed E-state index contributed by atoms with van der Waals surface area (Å²) in [5, 5.41) is 0. The van der Waals surface area contributed by atoms with Gasteiger partial charge in [-0.3, -0.25) is 0 Å². The Kier molecular flexibility index (Phi) is 3.64. The summed E-state index contributed by atoms with van der Waals surface area (Å²) in [6, 6.07) is 1.05. The highest BCUT2D eigenvalue weighted by atomic mass is 19.4. The SMILES string of the molecule is Nc1nc(N2CCOC3CCCCC32)cc(C(F)(F)F)n1. The van der Waals surface area contributed by atoms with Crippen molar-refractivity contribution in [1.29, 1.82) is 0 Å². The van der Waals surface area contributed by atoms with Crippen molar-refractivity contribution in [3.05, 3.63) is 11.8 Å². The van der Waals surface area contributed by atoms with Gasteiger partial charge in [0, 0.05) is 12.6 Å². The predicted octanol–water partition coefficient (Wildman–Crippen LogP) is 2.23. The number of alkyl halides is 3. The maximum absolute atomic E-state index is 12.9. The number of fused-ring (bicyclic) bond motifs is 1. The van der Waals surface area contributed by atoms with Gasteiger partial charge in [-0.1, -0.05) is 12.8 Å². The monoisotopic (exact) mass is 302 g/mol. The van der Waals surface area contributed by atoms with E-state index in [9.17, 15) is 13.2 Å². The van der Waals surface area contributed by atoms with Gasteiger partial charge in [-0.2, -0.15) is 18.2 Å². The fourth-order valence-electron chi connectivity index (χ4n) is 3.13. The van der Waals surface area contributed by atoms with Crippen molar-refractivity contribution >= 4 is 11.8 Å². The van der Waals surface area contributed by atoms with Crippen LogP contribution in [0.4, 0.5) is 24.9 Å². The number of ether oxygens (including phenoxy) is 1. The molecule has 2 atom stereocenters. The molecule has 2 unspecified atom stereocenters. The first kappa shape index (κ1) is 14.4. The lowest BCUT2D eigenvalue weighted by atomic mass is 9.90. The van der Waals surface area contributed by atoms with E-state index >= 15 is 0 Å². The molecule has 116 valence electrons. The van der Waals surface area contributed by atoms with Crippen LogP contribution in [0.25, 0.3) is 0 Å². The van der Waals surface area contributed by atoms with Gasteiger partial charge in [0.15, 0.2) is 5.69 Å². The molecule has 0 aromatic carbocycles. The van der Waals surface area contributed by atoms with Crippen molar-refractivity contribution in [1.82, 2.24) is 9.97 Å². The molecule has 1 aromatic heterocycles. The molecule has 21 heavy (non-hydrogen) atoms. The third-order valence-corrected chi connectivity index (χ3v) is 4.05. The van der Waals surface area contributed by atoms with Crippen LogP contribution in [0.3, 0.4) is 0 Å². The Morgan fingerprint density at radius 1 is 1.24 bits per heavy atom. The highest BCUT2D eigenvalue weighted by molar-refractivity contribution is 5.46. The molecule has 1 saturated heterocycles. The number of nitrogen functional groups attached to an aromatic ring is 1. The van der Waals surface area contributed by atoms with Crippen LogP contribution in [-0.4, -0.2) is 35.3 Å². The van der Waals surface area contributed by atoms with Gasteiger partial charge in [-0.15, -0.1) is 0 Å². The molecule has 5 nitrogen and oxygen atoms in total. The van der Waals surface area contributed by atoms with Crippen molar-refractivity contribution in [2.75, 3.05) is 23.8 Å². The summed E-state index contributed by atoms with van der Waals surface area (Å²) in [4.78, 5) is 9.18. The van der Waals surface area contributed by atoms with Gasteiger partial charge in [0.25, 0.3) is 0 Å². The molecular weight excluding hydrogens is 285 g/mol. The average Bonchev–Trinajstić information content (AvgIpc) is 2.45. The van der Waals surface area contributed by atoms with Crippen LogP contribution in [-0.2, 0) is 10.9 Å². The first-order chi connectivity index (χ1) is 9.95. The van der Waals surface area contributed by atoms with E-state index in [1.165, 1.54) is 0 Å². The van der Waals surface area contributed by atoms with Gasteiger partial charge in [0.05, 0.1) is 18.8 Å². The first-order valence-electron chi connectivity index (χ1n) is 7.05. The molecule has 2 fully saturated rings. The summed E-state index contributed by atoms with van der Waals surface area (Å²) >= 11 is 0. The largest absolute Gasteiger partial charge is 0.433 e. The molecule has 1 aromatic rings. The third-order valence-electron chi connectivity index (χ3n) is 4.05. The number of halogens is 3. The number of hydrogen-bond acceptors (Lipinski definition) is 5. The number of rotatable bonds is 1. The number of nitrogens with zero attached hydrogens (tertiary/aromatic N) is 3. The van der Waals surface area contributed by atoms with Gasteiger partial charge in [-0.05, 0) is 12.8 Å². The topological polar surface area (TPSA) is 64.3 Å². The zero-order valence-electron chi connectivity index (χ0n) is 11.4. The van der Waals surface area contributed by atoms with E-state index < -0.39 is 11.9 Å². The van der Waals surface area contributed by atoms with Crippen molar-refractivity contribution in [2.24, 2.45) is 0 Å². The molecule has 0 amide bonds.